The maximum atomic E-state index is 11.4. The highest BCUT2D eigenvalue weighted by atomic mass is 32.2. The number of nitrogens with one attached hydrogen (secondary N) is 1. The second-order valence-electron chi connectivity index (χ2n) is 4.13. The van der Waals surface area contributed by atoms with Crippen molar-refractivity contribution in [2.75, 3.05) is 12.4 Å². The van der Waals surface area contributed by atoms with E-state index in [2.05, 4.69) is 30.4 Å². The smallest absolute Gasteiger partial charge is 0.230 e. The SMILES string of the molecule is Cc1cccc(CSCC(=O)NC(C)CO)c1. The zero-order valence-corrected chi connectivity index (χ0v) is 11.1. The molecule has 4 heteroatoms. The van der Waals surface area contributed by atoms with Gasteiger partial charge in [-0.15, -0.1) is 11.8 Å². The molecule has 0 saturated heterocycles. The van der Waals surface area contributed by atoms with E-state index >= 15 is 0 Å². The molecular formula is C13H19NO2S. The van der Waals surface area contributed by atoms with Crippen molar-refractivity contribution in [3.63, 3.8) is 0 Å². The lowest BCUT2D eigenvalue weighted by atomic mass is 10.2. The largest absolute Gasteiger partial charge is 0.394 e. The third-order valence-corrected chi connectivity index (χ3v) is 3.27. The maximum absolute atomic E-state index is 11.4. The van der Waals surface area contributed by atoms with Crippen molar-refractivity contribution in [3.05, 3.63) is 35.4 Å². The fraction of sp³-hybridized carbons (Fsp3) is 0.462. The van der Waals surface area contributed by atoms with Crippen LogP contribution in [0.1, 0.15) is 18.1 Å². The molecule has 0 aliphatic carbocycles. The van der Waals surface area contributed by atoms with Crippen molar-refractivity contribution in [3.8, 4) is 0 Å². The van der Waals surface area contributed by atoms with Gasteiger partial charge < -0.3 is 10.4 Å². The predicted molar refractivity (Wildman–Crippen MR) is 72.0 cm³/mol. The van der Waals surface area contributed by atoms with Crippen LogP contribution in [-0.2, 0) is 10.5 Å². The minimum absolute atomic E-state index is 0.0196. The van der Waals surface area contributed by atoms with Gasteiger partial charge in [0.2, 0.25) is 5.91 Å². The molecule has 1 aromatic carbocycles. The number of hydrogen-bond acceptors (Lipinski definition) is 3. The summed E-state index contributed by atoms with van der Waals surface area (Å²) in [6.45, 7) is 3.82. The third kappa shape index (κ3) is 5.75. The predicted octanol–water partition coefficient (Wildman–Crippen LogP) is 1.73. The highest BCUT2D eigenvalue weighted by molar-refractivity contribution is 7.99. The maximum Gasteiger partial charge on any atom is 0.230 e. The average molecular weight is 253 g/mol. The lowest BCUT2D eigenvalue weighted by Gasteiger charge is -2.10. The van der Waals surface area contributed by atoms with E-state index in [-0.39, 0.29) is 18.6 Å². The van der Waals surface area contributed by atoms with Crippen LogP contribution in [0.2, 0.25) is 0 Å². The van der Waals surface area contributed by atoms with Crippen molar-refractivity contribution in [1.82, 2.24) is 5.32 Å². The second-order valence-corrected chi connectivity index (χ2v) is 5.12. The molecule has 0 aromatic heterocycles. The fourth-order valence-corrected chi connectivity index (χ4v) is 2.21. The molecule has 0 radical (unpaired) electrons. The van der Waals surface area contributed by atoms with Crippen LogP contribution in [0.4, 0.5) is 0 Å². The van der Waals surface area contributed by atoms with Crippen molar-refractivity contribution >= 4 is 17.7 Å². The first-order valence-corrected chi connectivity index (χ1v) is 6.81. The van der Waals surface area contributed by atoms with E-state index in [0.717, 1.165) is 5.75 Å². The number of aliphatic hydroxyl groups is 1. The van der Waals surface area contributed by atoms with Crippen LogP contribution in [0.25, 0.3) is 0 Å². The van der Waals surface area contributed by atoms with Crippen LogP contribution in [0, 0.1) is 6.92 Å². The van der Waals surface area contributed by atoms with E-state index in [4.69, 9.17) is 5.11 Å². The minimum atomic E-state index is -0.165. The number of aliphatic hydroxyl groups excluding tert-OH is 1. The van der Waals surface area contributed by atoms with Gasteiger partial charge in [0, 0.05) is 11.8 Å². The van der Waals surface area contributed by atoms with Gasteiger partial charge in [-0.3, -0.25) is 4.79 Å². The molecule has 0 fully saturated rings. The van der Waals surface area contributed by atoms with Gasteiger partial charge in [-0.05, 0) is 19.4 Å². The van der Waals surface area contributed by atoms with E-state index < -0.39 is 0 Å². The summed E-state index contributed by atoms with van der Waals surface area (Å²) in [6.07, 6.45) is 0. The molecule has 17 heavy (non-hydrogen) atoms. The highest BCUT2D eigenvalue weighted by Gasteiger charge is 2.05. The van der Waals surface area contributed by atoms with E-state index in [1.54, 1.807) is 18.7 Å². The molecule has 3 nitrogen and oxygen atoms in total. The van der Waals surface area contributed by atoms with Crippen LogP contribution >= 0.6 is 11.8 Å². The number of aryl methyl sites for hydroxylation is 1. The number of rotatable bonds is 6. The molecule has 1 amide bonds. The highest BCUT2D eigenvalue weighted by Crippen LogP contribution is 2.13. The van der Waals surface area contributed by atoms with Crippen molar-refractivity contribution in [2.24, 2.45) is 0 Å². The summed E-state index contributed by atoms with van der Waals surface area (Å²) in [5.74, 6) is 1.24. The quantitative estimate of drug-likeness (QED) is 0.811. The molecule has 0 bridgehead atoms. The number of hydrogen-bond donors (Lipinski definition) is 2. The van der Waals surface area contributed by atoms with Crippen LogP contribution in [0.15, 0.2) is 24.3 Å². The minimum Gasteiger partial charge on any atom is -0.394 e. The topological polar surface area (TPSA) is 49.3 Å². The monoisotopic (exact) mass is 253 g/mol. The van der Waals surface area contributed by atoms with Gasteiger partial charge in [-0.1, -0.05) is 29.8 Å². The Bertz CT molecular complexity index is 368. The summed E-state index contributed by atoms with van der Waals surface area (Å²) in [4.78, 5) is 11.4. The lowest BCUT2D eigenvalue weighted by molar-refractivity contribution is -0.119. The van der Waals surface area contributed by atoms with Gasteiger partial charge in [0.1, 0.15) is 0 Å². The van der Waals surface area contributed by atoms with Crippen LogP contribution in [-0.4, -0.2) is 29.4 Å². The first-order chi connectivity index (χ1) is 8.11. The Kier molecular flexibility index (Phi) is 6.08. The van der Waals surface area contributed by atoms with Crippen LogP contribution in [0.5, 0.6) is 0 Å². The van der Waals surface area contributed by atoms with E-state index in [1.807, 2.05) is 6.07 Å². The van der Waals surface area contributed by atoms with Gasteiger partial charge in [0.05, 0.1) is 12.4 Å². The van der Waals surface area contributed by atoms with E-state index in [1.165, 1.54) is 11.1 Å². The van der Waals surface area contributed by atoms with Gasteiger partial charge in [0.25, 0.3) is 0 Å². The number of amides is 1. The molecule has 1 aromatic rings. The molecule has 1 atom stereocenters. The molecule has 0 heterocycles. The van der Waals surface area contributed by atoms with Crippen LogP contribution in [0.3, 0.4) is 0 Å². The first kappa shape index (κ1) is 14.1. The van der Waals surface area contributed by atoms with E-state index in [0.29, 0.717) is 5.75 Å². The van der Waals surface area contributed by atoms with Crippen LogP contribution < -0.4 is 5.32 Å². The molecular weight excluding hydrogens is 234 g/mol. The molecule has 1 rings (SSSR count). The zero-order chi connectivity index (χ0) is 12.7. The Morgan fingerprint density at radius 2 is 2.29 bits per heavy atom. The molecule has 94 valence electrons. The first-order valence-electron chi connectivity index (χ1n) is 5.65. The Morgan fingerprint density at radius 3 is 2.94 bits per heavy atom. The fourth-order valence-electron chi connectivity index (χ4n) is 1.43. The van der Waals surface area contributed by atoms with Gasteiger partial charge in [0.15, 0.2) is 0 Å². The van der Waals surface area contributed by atoms with Gasteiger partial charge >= 0.3 is 0 Å². The zero-order valence-electron chi connectivity index (χ0n) is 10.3. The number of benzene rings is 1. The summed E-state index contributed by atoms with van der Waals surface area (Å²) >= 11 is 1.58. The van der Waals surface area contributed by atoms with Crippen molar-refractivity contribution < 1.29 is 9.90 Å². The normalized spacial score (nSPS) is 12.2. The molecule has 1 unspecified atom stereocenters. The second kappa shape index (κ2) is 7.35. The number of thioether (sulfide) groups is 1. The van der Waals surface area contributed by atoms with Crippen molar-refractivity contribution in [1.29, 1.82) is 0 Å². The average Bonchev–Trinajstić information content (AvgIpc) is 2.29. The van der Waals surface area contributed by atoms with Gasteiger partial charge in [-0.25, -0.2) is 0 Å². The molecule has 0 spiro atoms. The number of carbonyl (C=O) groups excluding carboxylic acids is 1. The third-order valence-electron chi connectivity index (χ3n) is 2.27. The molecule has 2 N–H and O–H groups in total. The Morgan fingerprint density at radius 1 is 1.53 bits per heavy atom. The summed E-state index contributed by atoms with van der Waals surface area (Å²) in [5.41, 5.74) is 2.47. The summed E-state index contributed by atoms with van der Waals surface area (Å²) in [7, 11) is 0. The molecule has 0 saturated carbocycles. The van der Waals surface area contributed by atoms with Crippen molar-refractivity contribution in [2.45, 2.75) is 25.6 Å². The molecule has 0 aliphatic heterocycles. The summed E-state index contributed by atoms with van der Waals surface area (Å²) in [6, 6.07) is 8.11. The lowest BCUT2D eigenvalue weighted by Crippen LogP contribution is -2.36. The van der Waals surface area contributed by atoms with Gasteiger partial charge in [-0.2, -0.15) is 0 Å². The Hall–Kier alpha value is -1.00. The summed E-state index contributed by atoms with van der Waals surface area (Å²) in [5, 5.41) is 11.5. The standard InChI is InChI=1S/C13H19NO2S/c1-10-4-3-5-12(6-10)8-17-9-13(16)14-11(2)7-15/h3-6,11,15H,7-9H2,1-2H3,(H,14,16). The summed E-state index contributed by atoms with van der Waals surface area (Å²) < 4.78 is 0. The Balaban J connectivity index is 2.26. The molecule has 0 aliphatic rings. The Labute approximate surface area is 107 Å². The van der Waals surface area contributed by atoms with E-state index in [9.17, 15) is 4.79 Å². The number of carbonyl (C=O) groups is 1.